The molecule has 1 amide bonds. The summed E-state index contributed by atoms with van der Waals surface area (Å²) >= 11 is 14.7. The number of hydrogen-bond donors (Lipinski definition) is 1. The van der Waals surface area contributed by atoms with Gasteiger partial charge in [-0.15, -0.1) is 0 Å². The molecule has 0 bridgehead atoms. The Morgan fingerprint density at radius 1 is 1.32 bits per heavy atom. The molecule has 0 fully saturated rings. The molecule has 0 unspecified atom stereocenters. The first-order valence-corrected chi connectivity index (χ1v) is 6.59. The highest BCUT2D eigenvalue weighted by Gasteiger charge is 2.15. The van der Waals surface area contributed by atoms with E-state index in [0.29, 0.717) is 10.2 Å². The summed E-state index contributed by atoms with van der Waals surface area (Å²) in [5, 5.41) is 2.54. The summed E-state index contributed by atoms with van der Waals surface area (Å²) in [4.78, 5) is 15.9. The Morgan fingerprint density at radius 3 is 2.74 bits per heavy atom. The van der Waals surface area contributed by atoms with Crippen molar-refractivity contribution in [1.82, 2.24) is 4.98 Å². The van der Waals surface area contributed by atoms with E-state index in [0.717, 1.165) is 6.07 Å². The van der Waals surface area contributed by atoms with Crippen molar-refractivity contribution >= 4 is 50.7 Å². The van der Waals surface area contributed by atoms with E-state index in [9.17, 15) is 9.18 Å². The summed E-state index contributed by atoms with van der Waals surface area (Å²) in [5.41, 5.74) is 0.513. The molecule has 0 radical (unpaired) electrons. The maximum absolute atomic E-state index is 13.3. The fraction of sp³-hybridized carbons (Fsp3) is 0. The van der Waals surface area contributed by atoms with Crippen LogP contribution in [0, 0.1) is 5.82 Å². The molecule has 2 aromatic rings. The van der Waals surface area contributed by atoms with Gasteiger partial charge in [-0.25, -0.2) is 4.39 Å². The molecule has 2 rings (SSSR count). The second-order valence-electron chi connectivity index (χ2n) is 3.56. The minimum atomic E-state index is -0.704. The number of nitrogens with zero attached hydrogens (tertiary/aromatic N) is 1. The lowest BCUT2D eigenvalue weighted by molar-refractivity contribution is 0.102. The molecule has 0 spiro atoms. The van der Waals surface area contributed by atoms with Gasteiger partial charge in [0.05, 0.1) is 25.8 Å². The number of anilines is 1. The van der Waals surface area contributed by atoms with Crippen LogP contribution >= 0.6 is 39.1 Å². The summed E-state index contributed by atoms with van der Waals surface area (Å²) < 4.78 is 14.0. The van der Waals surface area contributed by atoms with Crippen molar-refractivity contribution in [2.75, 3.05) is 5.32 Å². The van der Waals surface area contributed by atoms with Gasteiger partial charge in [-0.2, -0.15) is 0 Å². The number of benzene rings is 1. The number of pyridine rings is 1. The zero-order valence-corrected chi connectivity index (χ0v) is 12.4. The van der Waals surface area contributed by atoms with E-state index >= 15 is 0 Å². The van der Waals surface area contributed by atoms with E-state index in [4.69, 9.17) is 23.2 Å². The average molecular weight is 364 g/mol. The van der Waals surface area contributed by atoms with Crippen molar-refractivity contribution in [3.05, 3.63) is 56.5 Å². The number of hydrogen-bond acceptors (Lipinski definition) is 2. The van der Waals surface area contributed by atoms with Crippen molar-refractivity contribution in [2.45, 2.75) is 0 Å². The van der Waals surface area contributed by atoms with Gasteiger partial charge >= 0.3 is 0 Å². The fourth-order valence-electron chi connectivity index (χ4n) is 1.36. The lowest BCUT2D eigenvalue weighted by Gasteiger charge is -2.08. The Hall–Kier alpha value is -1.17. The predicted molar refractivity (Wildman–Crippen MR) is 76.3 cm³/mol. The number of amides is 1. The number of aromatic nitrogens is 1. The van der Waals surface area contributed by atoms with Crippen molar-refractivity contribution in [1.29, 1.82) is 0 Å². The minimum Gasteiger partial charge on any atom is -0.321 e. The molecule has 7 heteroatoms. The monoisotopic (exact) mass is 362 g/mol. The summed E-state index contributed by atoms with van der Waals surface area (Å²) in [5.74, 6) is -1.24. The van der Waals surface area contributed by atoms with Gasteiger partial charge < -0.3 is 5.32 Å². The van der Waals surface area contributed by atoms with Crippen molar-refractivity contribution in [2.24, 2.45) is 0 Å². The second-order valence-corrected chi connectivity index (χ2v) is 5.22. The summed E-state index contributed by atoms with van der Waals surface area (Å²) in [6.07, 6.45) is 3.05. The molecule has 19 heavy (non-hydrogen) atoms. The van der Waals surface area contributed by atoms with Crippen LogP contribution in [-0.2, 0) is 0 Å². The van der Waals surface area contributed by atoms with E-state index < -0.39 is 11.7 Å². The van der Waals surface area contributed by atoms with Gasteiger partial charge in [-0.05, 0) is 34.1 Å². The third kappa shape index (κ3) is 3.23. The largest absolute Gasteiger partial charge is 0.321 e. The molecule has 0 aliphatic rings. The van der Waals surface area contributed by atoms with E-state index in [1.54, 1.807) is 6.07 Å². The third-order valence-corrected chi connectivity index (χ3v) is 3.51. The summed E-state index contributed by atoms with van der Waals surface area (Å²) in [6.45, 7) is 0. The molecule has 1 heterocycles. The SMILES string of the molecule is O=C(Nc1ccncc1Br)c1cc(F)c(Cl)cc1Cl. The Morgan fingerprint density at radius 2 is 2.05 bits per heavy atom. The number of halogens is 4. The average Bonchev–Trinajstić information content (AvgIpc) is 2.36. The molecule has 0 saturated heterocycles. The molecule has 0 atom stereocenters. The molecule has 3 nitrogen and oxygen atoms in total. The molecule has 0 aliphatic heterocycles. The van der Waals surface area contributed by atoms with Crippen LogP contribution in [0.15, 0.2) is 35.1 Å². The lowest BCUT2D eigenvalue weighted by atomic mass is 10.2. The van der Waals surface area contributed by atoms with Gasteiger partial charge in [0.2, 0.25) is 0 Å². The van der Waals surface area contributed by atoms with Gasteiger partial charge in [-0.1, -0.05) is 23.2 Å². The number of carbonyl (C=O) groups excluding carboxylic acids is 1. The van der Waals surface area contributed by atoms with Crippen molar-refractivity contribution < 1.29 is 9.18 Å². The Bertz CT molecular complexity index is 652. The standard InChI is InChI=1S/C12H6BrCl2FN2O/c13-7-5-17-2-1-11(7)18-12(19)6-3-10(16)9(15)4-8(6)14/h1-5H,(H,17,18,19). The normalized spacial score (nSPS) is 10.3. The van der Waals surface area contributed by atoms with E-state index in [1.807, 2.05) is 0 Å². The van der Waals surface area contributed by atoms with Crippen molar-refractivity contribution in [3.63, 3.8) is 0 Å². The number of carbonyl (C=O) groups is 1. The van der Waals surface area contributed by atoms with Crippen LogP contribution in [0.4, 0.5) is 10.1 Å². The molecule has 1 aromatic heterocycles. The topological polar surface area (TPSA) is 42.0 Å². The van der Waals surface area contributed by atoms with Crippen LogP contribution in [0.2, 0.25) is 10.0 Å². The highest BCUT2D eigenvalue weighted by atomic mass is 79.9. The Balaban J connectivity index is 2.31. The predicted octanol–water partition coefficient (Wildman–Crippen LogP) is 4.54. The van der Waals surface area contributed by atoms with Crippen LogP contribution < -0.4 is 5.32 Å². The number of nitrogens with one attached hydrogen (secondary N) is 1. The Kier molecular flexibility index (Phi) is 4.39. The third-order valence-electron chi connectivity index (χ3n) is 2.28. The Labute approximate surface area is 126 Å². The first-order chi connectivity index (χ1) is 8.99. The van der Waals surface area contributed by atoms with E-state index in [1.165, 1.54) is 18.5 Å². The lowest BCUT2D eigenvalue weighted by Crippen LogP contribution is -2.13. The van der Waals surface area contributed by atoms with E-state index in [2.05, 4.69) is 26.2 Å². The van der Waals surface area contributed by atoms with Gasteiger partial charge in [0, 0.05) is 12.4 Å². The molecule has 0 saturated carbocycles. The van der Waals surface area contributed by atoms with Crippen LogP contribution in [0.25, 0.3) is 0 Å². The maximum atomic E-state index is 13.3. The van der Waals surface area contributed by atoms with Crippen LogP contribution in [0.5, 0.6) is 0 Å². The quantitative estimate of drug-likeness (QED) is 0.795. The molecular formula is C12H6BrCl2FN2O. The molecule has 1 N–H and O–H groups in total. The zero-order valence-electron chi connectivity index (χ0n) is 9.25. The smallest absolute Gasteiger partial charge is 0.257 e. The molecule has 1 aromatic carbocycles. The van der Waals surface area contributed by atoms with Crippen molar-refractivity contribution in [3.8, 4) is 0 Å². The van der Waals surface area contributed by atoms with Gasteiger partial charge in [0.25, 0.3) is 5.91 Å². The minimum absolute atomic E-state index is 0.00674. The summed E-state index contributed by atoms with van der Waals surface area (Å²) in [6, 6.07) is 3.78. The first-order valence-electron chi connectivity index (χ1n) is 5.04. The maximum Gasteiger partial charge on any atom is 0.257 e. The van der Waals surface area contributed by atoms with Crippen LogP contribution in [-0.4, -0.2) is 10.9 Å². The molecular weight excluding hydrogens is 358 g/mol. The second kappa shape index (κ2) is 5.86. The first kappa shape index (κ1) is 14.2. The highest BCUT2D eigenvalue weighted by Crippen LogP contribution is 2.26. The molecule has 0 aliphatic carbocycles. The van der Waals surface area contributed by atoms with Gasteiger partial charge in [0.15, 0.2) is 0 Å². The van der Waals surface area contributed by atoms with Gasteiger partial charge in [0.1, 0.15) is 5.82 Å². The van der Waals surface area contributed by atoms with Gasteiger partial charge in [-0.3, -0.25) is 9.78 Å². The number of rotatable bonds is 2. The van der Waals surface area contributed by atoms with Crippen LogP contribution in [0.3, 0.4) is 0 Å². The zero-order chi connectivity index (χ0) is 14.0. The van der Waals surface area contributed by atoms with Crippen LogP contribution in [0.1, 0.15) is 10.4 Å². The van der Waals surface area contributed by atoms with E-state index in [-0.39, 0.29) is 15.6 Å². The highest BCUT2D eigenvalue weighted by molar-refractivity contribution is 9.10. The summed E-state index contributed by atoms with van der Waals surface area (Å²) in [7, 11) is 0. The fourth-order valence-corrected chi connectivity index (χ4v) is 2.18. The molecule has 98 valence electrons.